The lowest BCUT2D eigenvalue weighted by atomic mass is 10.1. The molecule has 0 spiro atoms. The molecular weight excluding hydrogens is 400 g/mol. The van der Waals surface area contributed by atoms with Gasteiger partial charge in [0, 0.05) is 43.4 Å². The highest BCUT2D eigenvalue weighted by atomic mass is 35.5. The predicted molar refractivity (Wildman–Crippen MR) is 111 cm³/mol. The number of thiazole rings is 1. The summed E-state index contributed by atoms with van der Waals surface area (Å²) in [5, 5.41) is 12.7. The zero-order valence-corrected chi connectivity index (χ0v) is 16.7. The van der Waals surface area contributed by atoms with Crippen LogP contribution in [-0.2, 0) is 0 Å². The Morgan fingerprint density at radius 1 is 1.18 bits per heavy atom. The van der Waals surface area contributed by atoms with E-state index in [0.29, 0.717) is 42.3 Å². The molecular formula is C19H17ClN4O3S. The predicted octanol–water partition coefficient (Wildman–Crippen LogP) is 4.13. The van der Waals surface area contributed by atoms with Gasteiger partial charge < -0.3 is 9.80 Å². The molecule has 7 nitrogen and oxygen atoms in total. The molecule has 4 rings (SSSR count). The summed E-state index contributed by atoms with van der Waals surface area (Å²) in [6.07, 6.45) is 0. The van der Waals surface area contributed by atoms with E-state index in [1.807, 2.05) is 18.2 Å². The summed E-state index contributed by atoms with van der Waals surface area (Å²) in [4.78, 5) is 32.1. The Balaban J connectivity index is 1.49. The number of aromatic nitrogens is 1. The van der Waals surface area contributed by atoms with Crippen LogP contribution in [-0.4, -0.2) is 46.9 Å². The maximum absolute atomic E-state index is 12.9. The minimum atomic E-state index is -0.456. The highest BCUT2D eigenvalue weighted by Crippen LogP contribution is 2.33. The number of carbonyl (C=O) groups excluding carboxylic acids is 1. The van der Waals surface area contributed by atoms with E-state index in [0.717, 1.165) is 15.3 Å². The van der Waals surface area contributed by atoms with Crippen molar-refractivity contribution in [2.24, 2.45) is 0 Å². The van der Waals surface area contributed by atoms with Crippen molar-refractivity contribution in [3.8, 4) is 0 Å². The number of carbonyl (C=O) groups is 1. The smallest absolute Gasteiger partial charge is 0.273 e. The van der Waals surface area contributed by atoms with Crippen LogP contribution in [0.15, 0.2) is 36.4 Å². The second-order valence-electron chi connectivity index (χ2n) is 6.57. The number of halogens is 1. The van der Waals surface area contributed by atoms with E-state index in [-0.39, 0.29) is 11.6 Å². The second-order valence-corrected chi connectivity index (χ2v) is 7.99. The number of hydrogen-bond acceptors (Lipinski definition) is 6. The molecule has 0 aliphatic carbocycles. The molecule has 28 heavy (non-hydrogen) atoms. The van der Waals surface area contributed by atoms with Gasteiger partial charge in [-0.2, -0.15) is 0 Å². The topological polar surface area (TPSA) is 79.6 Å². The Kier molecular flexibility index (Phi) is 4.91. The third kappa shape index (κ3) is 3.29. The van der Waals surface area contributed by atoms with E-state index in [1.165, 1.54) is 6.07 Å². The summed E-state index contributed by atoms with van der Waals surface area (Å²) in [7, 11) is 0. The number of benzene rings is 2. The number of para-hydroxylation sites is 1. The maximum atomic E-state index is 12.9. The minimum absolute atomic E-state index is 0.0316. The lowest BCUT2D eigenvalue weighted by Crippen LogP contribution is -2.48. The summed E-state index contributed by atoms with van der Waals surface area (Å²) in [6, 6.07) is 10.3. The number of hydrogen-bond donors (Lipinski definition) is 0. The minimum Gasteiger partial charge on any atom is -0.345 e. The van der Waals surface area contributed by atoms with E-state index in [4.69, 9.17) is 11.6 Å². The summed E-state index contributed by atoms with van der Waals surface area (Å²) >= 11 is 7.80. The van der Waals surface area contributed by atoms with E-state index >= 15 is 0 Å². The monoisotopic (exact) mass is 416 g/mol. The van der Waals surface area contributed by atoms with Crippen molar-refractivity contribution in [1.29, 1.82) is 0 Å². The lowest BCUT2D eigenvalue weighted by Gasteiger charge is -2.34. The lowest BCUT2D eigenvalue weighted by molar-refractivity contribution is -0.385. The van der Waals surface area contributed by atoms with Crippen LogP contribution in [0.3, 0.4) is 0 Å². The van der Waals surface area contributed by atoms with Crippen molar-refractivity contribution in [1.82, 2.24) is 9.88 Å². The summed E-state index contributed by atoms with van der Waals surface area (Å²) in [6.45, 7) is 3.98. The van der Waals surface area contributed by atoms with Crippen LogP contribution in [0.5, 0.6) is 0 Å². The number of amides is 1. The molecule has 144 valence electrons. The number of nitrogens with zero attached hydrogens (tertiary/aromatic N) is 4. The summed E-state index contributed by atoms with van der Waals surface area (Å²) < 4.78 is 1.04. The quantitative estimate of drug-likeness (QED) is 0.473. The van der Waals surface area contributed by atoms with E-state index < -0.39 is 4.92 Å². The van der Waals surface area contributed by atoms with Crippen molar-refractivity contribution in [3.63, 3.8) is 0 Å². The van der Waals surface area contributed by atoms with Crippen molar-refractivity contribution < 1.29 is 9.72 Å². The van der Waals surface area contributed by atoms with Gasteiger partial charge in [0.1, 0.15) is 5.52 Å². The van der Waals surface area contributed by atoms with Gasteiger partial charge >= 0.3 is 0 Å². The molecule has 1 aliphatic heterocycles. The Morgan fingerprint density at radius 2 is 1.89 bits per heavy atom. The molecule has 1 aromatic heterocycles. The highest BCUT2D eigenvalue weighted by Gasteiger charge is 2.26. The second kappa shape index (κ2) is 7.37. The first kappa shape index (κ1) is 18.6. The number of rotatable bonds is 3. The van der Waals surface area contributed by atoms with Gasteiger partial charge in [-0.25, -0.2) is 4.98 Å². The number of anilines is 1. The van der Waals surface area contributed by atoms with Crippen LogP contribution < -0.4 is 4.90 Å². The van der Waals surface area contributed by atoms with Gasteiger partial charge in [-0.15, -0.1) is 0 Å². The SMILES string of the molecule is Cc1c(C(=O)N2CCN(c3nc4c(Cl)cccc4s3)CC2)cccc1[N+](=O)[O-]. The fourth-order valence-electron chi connectivity index (χ4n) is 3.36. The van der Waals surface area contributed by atoms with Gasteiger partial charge in [0.15, 0.2) is 5.13 Å². The first-order valence-corrected chi connectivity index (χ1v) is 9.98. The van der Waals surface area contributed by atoms with E-state index in [1.54, 1.807) is 35.3 Å². The summed E-state index contributed by atoms with van der Waals surface area (Å²) in [5.41, 5.74) is 1.56. The Hall–Kier alpha value is -2.71. The zero-order valence-electron chi connectivity index (χ0n) is 15.1. The molecule has 1 fully saturated rings. The number of nitro benzene ring substituents is 1. The van der Waals surface area contributed by atoms with Gasteiger partial charge in [0.25, 0.3) is 11.6 Å². The average molecular weight is 417 g/mol. The van der Waals surface area contributed by atoms with Gasteiger partial charge in [-0.1, -0.05) is 35.1 Å². The molecule has 0 saturated carbocycles. The molecule has 0 unspecified atom stereocenters. The van der Waals surface area contributed by atoms with Crippen molar-refractivity contribution in [2.45, 2.75) is 6.92 Å². The molecule has 0 N–H and O–H groups in total. The number of nitro groups is 1. The van der Waals surface area contributed by atoms with Gasteiger partial charge in [0.05, 0.1) is 14.6 Å². The highest BCUT2D eigenvalue weighted by molar-refractivity contribution is 7.22. The van der Waals surface area contributed by atoms with Crippen LogP contribution in [0.2, 0.25) is 5.02 Å². The number of piperazine rings is 1. The fourth-order valence-corrected chi connectivity index (χ4v) is 4.68. The number of fused-ring (bicyclic) bond motifs is 1. The van der Waals surface area contributed by atoms with Gasteiger partial charge in [-0.05, 0) is 25.1 Å². The van der Waals surface area contributed by atoms with Gasteiger partial charge in [0.2, 0.25) is 0 Å². The molecule has 1 amide bonds. The van der Waals surface area contributed by atoms with Crippen LogP contribution in [0.1, 0.15) is 15.9 Å². The summed E-state index contributed by atoms with van der Waals surface area (Å²) in [5.74, 6) is -0.173. The van der Waals surface area contributed by atoms with Crippen LogP contribution in [0.25, 0.3) is 10.2 Å². The standard InChI is InChI=1S/C19H17ClN4O3S/c1-12-13(4-2-6-15(12)24(26)27)18(25)22-8-10-23(11-9-22)19-21-17-14(20)5-3-7-16(17)28-19/h2-7H,8-11H2,1H3. The van der Waals surface area contributed by atoms with Crippen LogP contribution in [0, 0.1) is 17.0 Å². The van der Waals surface area contributed by atoms with E-state index in [2.05, 4.69) is 9.88 Å². The van der Waals surface area contributed by atoms with Crippen molar-refractivity contribution in [2.75, 3.05) is 31.1 Å². The zero-order chi connectivity index (χ0) is 19.8. The third-order valence-corrected chi connectivity index (χ3v) is 6.31. The first-order chi connectivity index (χ1) is 13.5. The van der Waals surface area contributed by atoms with Crippen LogP contribution in [0.4, 0.5) is 10.8 Å². The maximum Gasteiger partial charge on any atom is 0.273 e. The molecule has 1 aliphatic rings. The van der Waals surface area contributed by atoms with E-state index in [9.17, 15) is 14.9 Å². The third-order valence-electron chi connectivity index (χ3n) is 4.93. The normalized spacial score (nSPS) is 14.5. The molecule has 0 bridgehead atoms. The van der Waals surface area contributed by atoms with Crippen molar-refractivity contribution >= 4 is 49.9 Å². The molecule has 2 aromatic carbocycles. The molecule has 3 aromatic rings. The Labute approximate surface area is 170 Å². The average Bonchev–Trinajstić information content (AvgIpc) is 3.13. The molecule has 1 saturated heterocycles. The fraction of sp³-hybridized carbons (Fsp3) is 0.263. The Morgan fingerprint density at radius 3 is 2.57 bits per heavy atom. The van der Waals surface area contributed by atoms with Crippen molar-refractivity contribution in [3.05, 3.63) is 62.7 Å². The van der Waals surface area contributed by atoms with Gasteiger partial charge in [-0.3, -0.25) is 14.9 Å². The Bertz CT molecular complexity index is 1080. The molecule has 9 heteroatoms. The largest absolute Gasteiger partial charge is 0.345 e. The molecule has 0 radical (unpaired) electrons. The van der Waals surface area contributed by atoms with Crippen LogP contribution >= 0.6 is 22.9 Å². The molecule has 2 heterocycles. The molecule has 0 atom stereocenters. The first-order valence-electron chi connectivity index (χ1n) is 8.79.